The van der Waals surface area contributed by atoms with Crippen molar-refractivity contribution < 1.29 is 33.8 Å². The van der Waals surface area contributed by atoms with E-state index in [2.05, 4.69) is 24.8 Å². The maximum absolute atomic E-state index is 10.7. The molecule has 0 aromatic rings. The maximum atomic E-state index is 10.7. The van der Waals surface area contributed by atoms with Gasteiger partial charge in [0, 0.05) is 12.4 Å². The molecule has 28 heavy (non-hydrogen) atoms. The van der Waals surface area contributed by atoms with Crippen LogP contribution < -0.4 is 11.1 Å². The summed E-state index contributed by atoms with van der Waals surface area (Å²) in [5.41, 5.74) is 5.93. The van der Waals surface area contributed by atoms with Gasteiger partial charge in [-0.25, -0.2) is 9.56 Å². The number of phosphoric acid groups is 1. The predicted octanol–water partition coefficient (Wildman–Crippen LogP) is -1.47. The Morgan fingerprint density at radius 1 is 1.43 bits per heavy atom. The fourth-order valence-electron chi connectivity index (χ4n) is 2.98. The Morgan fingerprint density at radius 2 is 2.21 bits per heavy atom. The van der Waals surface area contributed by atoms with Gasteiger partial charge in [-0.2, -0.15) is 0 Å². The molecule has 0 aliphatic carbocycles. The van der Waals surface area contributed by atoms with Gasteiger partial charge in [0.25, 0.3) is 0 Å². The number of nitrogens with two attached hydrogens (primary N) is 1. The molecule has 3 rings (SSSR count). The standard InChI is InChI=1S/C15H22N5O7P/c16-13-9(2-4-15(20-13)3-1-5-17-7-15)18-8-19-14-12(22)11(21)10(27-14)6-26-28(23,24)25/h1-2,5,7-8,10-12,14,21-22H,3-4,6H2,(H2,16,20)(H,18,19)(H2,23,24,25). The van der Waals surface area contributed by atoms with Crippen molar-refractivity contribution in [2.45, 2.75) is 42.9 Å². The zero-order valence-corrected chi connectivity index (χ0v) is 15.6. The fourth-order valence-corrected chi connectivity index (χ4v) is 3.32. The van der Waals surface area contributed by atoms with Crippen LogP contribution in [0.2, 0.25) is 0 Å². The molecule has 5 unspecified atom stereocenters. The molecule has 0 aromatic heterocycles. The van der Waals surface area contributed by atoms with Gasteiger partial charge in [-0.1, -0.05) is 12.2 Å². The van der Waals surface area contributed by atoms with Crippen LogP contribution in [0.4, 0.5) is 0 Å². The number of rotatable bonds is 6. The number of aliphatic hydroxyl groups excluding tert-OH is 2. The zero-order valence-electron chi connectivity index (χ0n) is 14.7. The van der Waals surface area contributed by atoms with Gasteiger partial charge in [-0.05, 0) is 12.8 Å². The molecule has 3 heterocycles. The number of hydrogen-bond donors (Lipinski definition) is 6. The lowest BCUT2D eigenvalue weighted by molar-refractivity contribution is -0.0253. The third-order valence-corrected chi connectivity index (χ3v) is 4.93. The summed E-state index contributed by atoms with van der Waals surface area (Å²) < 4.78 is 20.4. The molecule has 12 nitrogen and oxygen atoms in total. The molecule has 3 aliphatic heterocycles. The second-order valence-electron chi connectivity index (χ2n) is 6.55. The molecule has 3 aliphatic rings. The summed E-state index contributed by atoms with van der Waals surface area (Å²) in [5.74, 6) is 0.242. The average molecular weight is 415 g/mol. The summed E-state index contributed by atoms with van der Waals surface area (Å²) in [6, 6.07) is 0. The van der Waals surface area contributed by atoms with Gasteiger partial charge in [0.1, 0.15) is 35.4 Å². The van der Waals surface area contributed by atoms with Crippen LogP contribution in [0.1, 0.15) is 12.8 Å². The van der Waals surface area contributed by atoms with Crippen molar-refractivity contribution in [3.63, 3.8) is 0 Å². The van der Waals surface area contributed by atoms with E-state index in [1.807, 2.05) is 12.2 Å². The number of dihydropyridines is 1. The van der Waals surface area contributed by atoms with E-state index in [0.717, 1.165) is 0 Å². The number of hydrogen-bond acceptors (Lipinski definition) is 9. The minimum Gasteiger partial charge on any atom is -0.387 e. The van der Waals surface area contributed by atoms with Gasteiger partial charge in [0.2, 0.25) is 0 Å². The lowest BCUT2D eigenvalue weighted by atomic mass is 9.89. The summed E-state index contributed by atoms with van der Waals surface area (Å²) in [6.07, 6.45) is 4.80. The van der Waals surface area contributed by atoms with E-state index >= 15 is 0 Å². The minimum atomic E-state index is -4.71. The van der Waals surface area contributed by atoms with Crippen molar-refractivity contribution in [3.8, 4) is 0 Å². The highest BCUT2D eigenvalue weighted by atomic mass is 31.2. The zero-order chi connectivity index (χ0) is 20.4. The lowest BCUT2D eigenvalue weighted by Crippen LogP contribution is -2.40. The normalized spacial score (nSPS) is 35.4. The van der Waals surface area contributed by atoms with Crippen molar-refractivity contribution in [1.82, 2.24) is 5.32 Å². The molecule has 1 spiro atoms. The first kappa shape index (κ1) is 20.8. The molecule has 0 saturated carbocycles. The monoisotopic (exact) mass is 415 g/mol. The molecule has 1 saturated heterocycles. The van der Waals surface area contributed by atoms with Crippen LogP contribution in [-0.2, 0) is 13.8 Å². The predicted molar refractivity (Wildman–Crippen MR) is 99.6 cm³/mol. The van der Waals surface area contributed by atoms with Crippen LogP contribution in [0.25, 0.3) is 0 Å². The second-order valence-corrected chi connectivity index (χ2v) is 7.79. The number of phosphoric ester groups is 1. The Balaban J connectivity index is 1.55. The summed E-state index contributed by atoms with van der Waals surface area (Å²) in [6.45, 7) is -0.583. The fraction of sp³-hybridized carbons (Fsp3) is 0.533. The van der Waals surface area contributed by atoms with E-state index in [4.69, 9.17) is 20.3 Å². The highest BCUT2D eigenvalue weighted by Gasteiger charge is 2.43. The number of ether oxygens (including phenoxy) is 1. The van der Waals surface area contributed by atoms with Gasteiger partial charge >= 0.3 is 7.82 Å². The summed E-state index contributed by atoms with van der Waals surface area (Å²) in [4.78, 5) is 30.1. The van der Waals surface area contributed by atoms with Crippen molar-refractivity contribution in [2.75, 3.05) is 6.61 Å². The quantitative estimate of drug-likeness (QED) is 0.171. The Hall–Kier alpha value is -1.92. The molecule has 0 amide bonds. The van der Waals surface area contributed by atoms with Gasteiger partial charge < -0.3 is 35.8 Å². The van der Waals surface area contributed by atoms with E-state index in [0.29, 0.717) is 18.5 Å². The number of aliphatic hydroxyl groups is 2. The summed E-state index contributed by atoms with van der Waals surface area (Å²) in [7, 11) is -4.71. The third-order valence-electron chi connectivity index (χ3n) is 4.44. The summed E-state index contributed by atoms with van der Waals surface area (Å²) in [5, 5.41) is 22.5. The molecule has 5 atom stereocenters. The Kier molecular flexibility index (Phi) is 6.10. The lowest BCUT2D eigenvalue weighted by Gasteiger charge is -2.28. The van der Waals surface area contributed by atoms with E-state index in [9.17, 15) is 14.8 Å². The Morgan fingerprint density at radius 3 is 2.86 bits per heavy atom. The van der Waals surface area contributed by atoms with Crippen molar-refractivity contribution in [2.24, 2.45) is 20.7 Å². The third kappa shape index (κ3) is 4.92. The first-order valence-electron chi connectivity index (χ1n) is 8.45. The van der Waals surface area contributed by atoms with E-state index in [1.165, 1.54) is 6.34 Å². The Labute approximate surface area is 160 Å². The van der Waals surface area contributed by atoms with E-state index in [-0.39, 0.29) is 5.84 Å². The smallest absolute Gasteiger partial charge is 0.387 e. The molecule has 0 radical (unpaired) electrons. The first-order chi connectivity index (χ1) is 13.2. The molecule has 13 heteroatoms. The molecular formula is C15H22N5O7P. The van der Waals surface area contributed by atoms with Crippen molar-refractivity contribution in [3.05, 3.63) is 24.0 Å². The molecule has 0 aromatic carbocycles. The number of amidine groups is 1. The second kappa shape index (κ2) is 8.21. The van der Waals surface area contributed by atoms with E-state index < -0.39 is 44.5 Å². The molecule has 7 N–H and O–H groups in total. The van der Waals surface area contributed by atoms with Crippen LogP contribution in [0, 0.1) is 0 Å². The molecule has 1 fully saturated rings. The SMILES string of the molecule is NC1=NC2(C=NC=CC2)CC=C1/N=C\NC1OC(COP(=O)(O)O)C(O)C1O. The van der Waals surface area contributed by atoms with Gasteiger partial charge in [0.05, 0.1) is 12.9 Å². The summed E-state index contributed by atoms with van der Waals surface area (Å²) >= 11 is 0. The highest BCUT2D eigenvalue weighted by molar-refractivity contribution is 7.46. The highest BCUT2D eigenvalue weighted by Crippen LogP contribution is 2.37. The van der Waals surface area contributed by atoms with Gasteiger partial charge in [-0.3, -0.25) is 14.5 Å². The van der Waals surface area contributed by atoms with Crippen LogP contribution in [0.15, 0.2) is 39.0 Å². The Bertz CT molecular complexity index is 792. The van der Waals surface area contributed by atoms with Crippen LogP contribution >= 0.6 is 7.82 Å². The largest absolute Gasteiger partial charge is 0.469 e. The number of nitrogens with zero attached hydrogens (tertiary/aromatic N) is 3. The van der Waals surface area contributed by atoms with Gasteiger partial charge in [0.15, 0.2) is 6.23 Å². The number of aliphatic imine (C=N–C) groups is 3. The first-order valence-corrected chi connectivity index (χ1v) is 9.98. The van der Waals surface area contributed by atoms with E-state index in [1.54, 1.807) is 12.4 Å². The van der Waals surface area contributed by atoms with Gasteiger partial charge in [-0.15, -0.1) is 0 Å². The topological polar surface area (TPSA) is 192 Å². The molecular weight excluding hydrogens is 393 g/mol. The van der Waals surface area contributed by atoms with Crippen molar-refractivity contribution in [1.29, 1.82) is 0 Å². The van der Waals surface area contributed by atoms with Crippen LogP contribution in [0.3, 0.4) is 0 Å². The van der Waals surface area contributed by atoms with Crippen LogP contribution in [0.5, 0.6) is 0 Å². The number of nitrogens with one attached hydrogen (secondary N) is 1. The van der Waals surface area contributed by atoms with Crippen molar-refractivity contribution >= 4 is 26.2 Å². The molecule has 0 bridgehead atoms. The maximum Gasteiger partial charge on any atom is 0.469 e. The van der Waals surface area contributed by atoms with Crippen LogP contribution in [-0.4, -0.2) is 75.1 Å². The average Bonchev–Trinajstić information content (AvgIpc) is 2.90. The molecule has 154 valence electrons. The minimum absolute atomic E-state index is 0.242.